The number of rotatable bonds is 12. The molecule has 3 rings (SSSR count). The van der Waals surface area contributed by atoms with Gasteiger partial charge in [0, 0.05) is 28.7 Å². The summed E-state index contributed by atoms with van der Waals surface area (Å²) in [5, 5.41) is 0. The van der Waals surface area contributed by atoms with E-state index in [1.54, 1.807) is 12.1 Å². The monoisotopic (exact) mass is 532 g/mol. The Kier molecular flexibility index (Phi) is 10.7. The molecule has 192 valence electrons. The summed E-state index contributed by atoms with van der Waals surface area (Å²) < 4.78 is 10.9. The van der Waals surface area contributed by atoms with Crippen LogP contribution in [0.2, 0.25) is 0 Å². The summed E-state index contributed by atoms with van der Waals surface area (Å²) in [5.41, 5.74) is 5.61. The van der Waals surface area contributed by atoms with Crippen LogP contribution in [0.25, 0.3) is 22.3 Å². The number of aryl methyl sites for hydroxylation is 1. The zero-order valence-corrected chi connectivity index (χ0v) is 22.8. The maximum atomic E-state index is 12.3. The topological polar surface area (TPSA) is 52.6 Å². The number of benzene rings is 3. The third kappa shape index (κ3) is 8.14. The van der Waals surface area contributed by atoms with Gasteiger partial charge in [-0.3, -0.25) is 0 Å². The Morgan fingerprint density at radius 3 is 1.54 bits per heavy atom. The average molecular weight is 533 g/mol. The van der Waals surface area contributed by atoms with E-state index < -0.39 is 11.9 Å². The molecule has 0 radical (unpaired) electrons. The van der Waals surface area contributed by atoms with Crippen LogP contribution >= 0.6 is 25.3 Å². The lowest BCUT2D eigenvalue weighted by atomic mass is 9.98. The van der Waals surface area contributed by atoms with E-state index in [4.69, 9.17) is 9.47 Å². The highest BCUT2D eigenvalue weighted by atomic mass is 32.1. The molecule has 0 heterocycles. The Hall–Kier alpha value is -3.22. The summed E-state index contributed by atoms with van der Waals surface area (Å²) in [6.07, 6.45) is 4.78. The van der Waals surface area contributed by atoms with Crippen molar-refractivity contribution in [3.63, 3.8) is 0 Å². The summed E-state index contributed by atoms with van der Waals surface area (Å²) in [5.74, 6) is -0.401. The van der Waals surface area contributed by atoms with Crippen molar-refractivity contribution in [2.24, 2.45) is 0 Å². The van der Waals surface area contributed by atoms with Crippen LogP contribution in [0, 0.1) is 0 Å². The van der Waals surface area contributed by atoms with E-state index in [9.17, 15) is 9.59 Å². The summed E-state index contributed by atoms with van der Waals surface area (Å²) in [6.45, 7) is 9.53. The molecule has 3 aromatic carbocycles. The molecular formula is C31H32O4S2. The molecule has 0 saturated carbocycles. The normalized spacial score (nSPS) is 10.6. The van der Waals surface area contributed by atoms with E-state index in [1.165, 1.54) is 30.9 Å². The molecule has 0 spiro atoms. The molecule has 0 aliphatic carbocycles. The van der Waals surface area contributed by atoms with Crippen molar-refractivity contribution >= 4 is 37.2 Å². The van der Waals surface area contributed by atoms with Crippen LogP contribution in [0.3, 0.4) is 0 Å². The van der Waals surface area contributed by atoms with Gasteiger partial charge in [-0.25, -0.2) is 9.59 Å². The fourth-order valence-electron chi connectivity index (χ4n) is 3.64. The molecule has 3 aromatic rings. The van der Waals surface area contributed by atoms with Crippen molar-refractivity contribution in [1.82, 2.24) is 0 Å². The van der Waals surface area contributed by atoms with E-state index in [0.29, 0.717) is 0 Å². The molecule has 0 fully saturated rings. The summed E-state index contributed by atoms with van der Waals surface area (Å²) in [4.78, 5) is 24.6. The Morgan fingerprint density at radius 1 is 0.676 bits per heavy atom. The Morgan fingerprint density at radius 2 is 1.11 bits per heavy atom. The number of ether oxygens (including phenoxy) is 2. The van der Waals surface area contributed by atoms with E-state index >= 15 is 0 Å². The van der Waals surface area contributed by atoms with Gasteiger partial charge in [0.2, 0.25) is 0 Å². The summed E-state index contributed by atoms with van der Waals surface area (Å²) in [6, 6.07) is 21.6. The van der Waals surface area contributed by atoms with Crippen LogP contribution in [-0.2, 0) is 16.0 Å². The number of esters is 2. The number of thiol groups is 2. The number of unbranched alkanes of at least 4 members (excludes halogenated alkanes) is 2. The lowest BCUT2D eigenvalue weighted by molar-refractivity contribution is -0.130. The molecule has 0 saturated heterocycles. The van der Waals surface area contributed by atoms with E-state index in [2.05, 4.69) is 69.6 Å². The number of hydrogen-bond acceptors (Lipinski definition) is 6. The van der Waals surface area contributed by atoms with Crippen LogP contribution in [0.15, 0.2) is 91.0 Å². The highest BCUT2D eigenvalue weighted by Crippen LogP contribution is 2.32. The first-order valence-corrected chi connectivity index (χ1v) is 13.5. The van der Waals surface area contributed by atoms with Crippen LogP contribution in [0.1, 0.15) is 31.7 Å². The van der Waals surface area contributed by atoms with Gasteiger partial charge in [-0.1, -0.05) is 81.5 Å². The molecule has 0 atom stereocenters. The molecular weight excluding hydrogens is 500 g/mol. The number of hydrogen-bond donors (Lipinski definition) is 2. The van der Waals surface area contributed by atoms with Crippen molar-refractivity contribution in [1.29, 1.82) is 0 Å². The molecule has 0 aliphatic rings. The predicted molar refractivity (Wildman–Crippen MR) is 158 cm³/mol. The zero-order valence-electron chi connectivity index (χ0n) is 21.0. The van der Waals surface area contributed by atoms with Crippen LogP contribution in [0.4, 0.5) is 0 Å². The summed E-state index contributed by atoms with van der Waals surface area (Å²) >= 11 is 8.15. The van der Waals surface area contributed by atoms with E-state index in [1.807, 2.05) is 24.3 Å². The van der Waals surface area contributed by atoms with Crippen molar-refractivity contribution in [3.8, 4) is 33.8 Å². The van der Waals surface area contributed by atoms with Gasteiger partial charge in [-0.15, -0.1) is 0 Å². The highest BCUT2D eigenvalue weighted by molar-refractivity contribution is 7.80. The van der Waals surface area contributed by atoms with Gasteiger partial charge in [-0.05, 0) is 52.8 Å². The smallest absolute Gasteiger partial charge is 0.339 e. The molecule has 6 heteroatoms. The molecule has 0 amide bonds. The van der Waals surface area contributed by atoms with Crippen molar-refractivity contribution in [3.05, 3.63) is 96.6 Å². The highest BCUT2D eigenvalue weighted by Gasteiger charge is 2.15. The zero-order chi connectivity index (χ0) is 26.8. The molecule has 0 aliphatic heterocycles. The Labute approximate surface area is 230 Å². The SMILES string of the molecule is C=C(CS)C(=O)Oc1cc(OC(=O)C(=C)CS)cc(-c2ccc(-c3ccc(CCCCC)cc3)cc2)c1. The van der Waals surface area contributed by atoms with Gasteiger partial charge in [0.25, 0.3) is 0 Å². The first kappa shape index (κ1) is 28.4. The van der Waals surface area contributed by atoms with Gasteiger partial charge in [-0.2, -0.15) is 25.3 Å². The summed E-state index contributed by atoms with van der Waals surface area (Å²) in [7, 11) is 0. The maximum Gasteiger partial charge on any atom is 0.339 e. The fraction of sp³-hybridized carbons (Fsp3) is 0.226. The fourth-order valence-corrected chi connectivity index (χ4v) is 3.90. The Balaban J connectivity index is 1.86. The standard InChI is InChI=1S/C31H32O4S2/c1-4-5-6-7-23-8-10-24(11-9-23)25-12-14-26(15-13-25)27-16-28(34-30(32)21(2)19-36)18-29(17-27)35-31(33)22(3)20-37/h8-18,36-37H,2-7,19-20H2,1H3. The van der Waals surface area contributed by atoms with Crippen molar-refractivity contribution < 1.29 is 19.1 Å². The first-order chi connectivity index (χ1) is 17.8. The lowest BCUT2D eigenvalue weighted by Crippen LogP contribution is -2.13. The molecule has 0 bridgehead atoms. The minimum atomic E-state index is -0.599. The van der Waals surface area contributed by atoms with E-state index in [0.717, 1.165) is 28.7 Å². The van der Waals surface area contributed by atoms with Crippen LogP contribution < -0.4 is 9.47 Å². The molecule has 0 N–H and O–H groups in total. The maximum absolute atomic E-state index is 12.3. The van der Waals surface area contributed by atoms with Gasteiger partial charge in [0.05, 0.1) is 0 Å². The van der Waals surface area contributed by atoms with Gasteiger partial charge in [0.1, 0.15) is 11.5 Å². The van der Waals surface area contributed by atoms with Crippen LogP contribution in [-0.4, -0.2) is 23.4 Å². The van der Waals surface area contributed by atoms with E-state index in [-0.39, 0.29) is 34.2 Å². The second-order valence-corrected chi connectivity index (χ2v) is 9.36. The third-order valence-corrected chi connectivity index (χ3v) is 6.60. The average Bonchev–Trinajstić information content (AvgIpc) is 2.92. The molecule has 4 nitrogen and oxygen atoms in total. The minimum absolute atomic E-state index is 0.170. The largest absolute Gasteiger partial charge is 0.423 e. The predicted octanol–water partition coefficient (Wildman–Crippen LogP) is 7.54. The lowest BCUT2D eigenvalue weighted by Gasteiger charge is -2.12. The van der Waals surface area contributed by atoms with Crippen molar-refractivity contribution in [2.45, 2.75) is 32.6 Å². The van der Waals surface area contributed by atoms with Gasteiger partial charge in [0.15, 0.2) is 0 Å². The van der Waals surface area contributed by atoms with Crippen LogP contribution in [0.5, 0.6) is 11.5 Å². The molecule has 0 unspecified atom stereocenters. The number of carbonyl (C=O) groups excluding carboxylic acids is 2. The number of carbonyl (C=O) groups is 2. The third-order valence-electron chi connectivity index (χ3n) is 5.83. The van der Waals surface area contributed by atoms with Crippen molar-refractivity contribution in [2.75, 3.05) is 11.5 Å². The first-order valence-electron chi connectivity index (χ1n) is 12.2. The molecule has 37 heavy (non-hydrogen) atoms. The van der Waals surface area contributed by atoms with Gasteiger partial charge >= 0.3 is 11.9 Å². The minimum Gasteiger partial charge on any atom is -0.423 e. The second kappa shape index (κ2) is 13.9. The van der Waals surface area contributed by atoms with Gasteiger partial charge < -0.3 is 9.47 Å². The quantitative estimate of drug-likeness (QED) is 0.0832. The second-order valence-electron chi connectivity index (χ2n) is 8.73. The Bertz CT molecular complexity index is 1210. The molecule has 0 aromatic heterocycles.